The van der Waals surface area contributed by atoms with Gasteiger partial charge in [-0.3, -0.25) is 4.79 Å². The second-order valence-corrected chi connectivity index (χ2v) is 4.90. The van der Waals surface area contributed by atoms with Gasteiger partial charge in [-0.1, -0.05) is 6.92 Å². The molecule has 1 amide bonds. The molecule has 2 rings (SSSR count). The third-order valence-corrected chi connectivity index (χ3v) is 3.21. The van der Waals surface area contributed by atoms with Gasteiger partial charge >= 0.3 is 0 Å². The highest BCUT2D eigenvalue weighted by Crippen LogP contribution is 2.17. The van der Waals surface area contributed by atoms with Crippen molar-refractivity contribution in [3.8, 4) is 0 Å². The number of hydrogen-bond donors (Lipinski definition) is 1. The molecule has 1 aliphatic rings. The Morgan fingerprint density at radius 3 is 2.94 bits per heavy atom. The van der Waals surface area contributed by atoms with E-state index in [2.05, 4.69) is 31.2 Å². The fraction of sp³-hybridized carbons (Fsp3) is 0.545. The molecule has 0 aromatic carbocycles. The molecule has 2 heterocycles. The monoisotopic (exact) mass is 298 g/mol. The van der Waals surface area contributed by atoms with E-state index in [1.807, 2.05) is 14.0 Å². The van der Waals surface area contributed by atoms with Crippen molar-refractivity contribution >= 4 is 27.7 Å². The van der Waals surface area contributed by atoms with Crippen molar-refractivity contribution in [1.29, 1.82) is 0 Å². The largest absolute Gasteiger partial charge is 0.358 e. The summed E-state index contributed by atoms with van der Waals surface area (Å²) in [4.78, 5) is 22.1. The van der Waals surface area contributed by atoms with E-state index < -0.39 is 0 Å². The SMILES string of the molecule is CCc1nc(Br)cc(NC2CCN(C)C2=O)n1. The molecule has 17 heavy (non-hydrogen) atoms. The molecule has 0 bridgehead atoms. The maximum atomic E-state index is 11.8. The summed E-state index contributed by atoms with van der Waals surface area (Å²) in [5, 5.41) is 3.16. The Bertz CT molecular complexity index is 437. The van der Waals surface area contributed by atoms with Crippen molar-refractivity contribution in [2.24, 2.45) is 0 Å². The zero-order valence-electron chi connectivity index (χ0n) is 9.90. The molecule has 1 aromatic rings. The Hall–Kier alpha value is -1.17. The lowest BCUT2D eigenvalue weighted by Gasteiger charge is -2.13. The molecular weight excluding hydrogens is 284 g/mol. The minimum absolute atomic E-state index is 0.123. The van der Waals surface area contributed by atoms with Crippen LogP contribution in [-0.4, -0.2) is 40.4 Å². The Balaban J connectivity index is 2.13. The quantitative estimate of drug-likeness (QED) is 0.858. The van der Waals surface area contributed by atoms with Crippen LogP contribution in [0.5, 0.6) is 0 Å². The van der Waals surface area contributed by atoms with Gasteiger partial charge in [-0.25, -0.2) is 9.97 Å². The number of amides is 1. The first-order valence-electron chi connectivity index (χ1n) is 5.65. The van der Waals surface area contributed by atoms with Gasteiger partial charge in [0.25, 0.3) is 0 Å². The van der Waals surface area contributed by atoms with Crippen molar-refractivity contribution in [3.63, 3.8) is 0 Å². The van der Waals surface area contributed by atoms with Crippen molar-refractivity contribution in [3.05, 3.63) is 16.5 Å². The minimum atomic E-state index is -0.161. The van der Waals surface area contributed by atoms with E-state index in [0.717, 1.165) is 29.8 Å². The van der Waals surface area contributed by atoms with Crippen LogP contribution in [0.3, 0.4) is 0 Å². The van der Waals surface area contributed by atoms with Crippen LogP contribution in [-0.2, 0) is 11.2 Å². The first kappa shape index (κ1) is 12.3. The van der Waals surface area contributed by atoms with Crippen molar-refractivity contribution in [2.75, 3.05) is 18.9 Å². The molecule has 1 atom stereocenters. The van der Waals surface area contributed by atoms with Crippen LogP contribution in [0.25, 0.3) is 0 Å². The lowest BCUT2D eigenvalue weighted by atomic mass is 10.2. The maximum Gasteiger partial charge on any atom is 0.244 e. The van der Waals surface area contributed by atoms with Gasteiger partial charge in [-0.05, 0) is 22.4 Å². The Labute approximate surface area is 109 Å². The molecule has 1 aliphatic heterocycles. The molecule has 0 aliphatic carbocycles. The molecule has 0 saturated carbocycles. The summed E-state index contributed by atoms with van der Waals surface area (Å²) in [6, 6.07) is 1.64. The number of nitrogens with zero attached hydrogens (tertiary/aromatic N) is 3. The number of aromatic nitrogens is 2. The fourth-order valence-corrected chi connectivity index (χ4v) is 2.25. The topological polar surface area (TPSA) is 58.1 Å². The summed E-state index contributed by atoms with van der Waals surface area (Å²) in [6.07, 6.45) is 1.59. The second kappa shape index (κ2) is 5.00. The van der Waals surface area contributed by atoms with Gasteiger partial charge in [-0.2, -0.15) is 0 Å². The van der Waals surface area contributed by atoms with Gasteiger partial charge in [0.05, 0.1) is 0 Å². The zero-order chi connectivity index (χ0) is 12.4. The van der Waals surface area contributed by atoms with Crippen molar-refractivity contribution in [1.82, 2.24) is 14.9 Å². The predicted octanol–water partition coefficient (Wildman–Crippen LogP) is 1.44. The highest BCUT2D eigenvalue weighted by atomic mass is 79.9. The summed E-state index contributed by atoms with van der Waals surface area (Å²) < 4.78 is 0.741. The number of likely N-dealkylation sites (N-methyl/N-ethyl adjacent to an activating group) is 1. The van der Waals surface area contributed by atoms with E-state index in [4.69, 9.17) is 0 Å². The molecular formula is C11H15BrN4O. The summed E-state index contributed by atoms with van der Waals surface area (Å²) in [5.74, 6) is 1.59. The molecule has 5 nitrogen and oxygen atoms in total. The van der Waals surface area contributed by atoms with Gasteiger partial charge in [0.15, 0.2) is 0 Å². The fourth-order valence-electron chi connectivity index (χ4n) is 1.83. The van der Waals surface area contributed by atoms with E-state index in [1.54, 1.807) is 11.0 Å². The van der Waals surface area contributed by atoms with Crippen molar-refractivity contribution in [2.45, 2.75) is 25.8 Å². The third-order valence-electron chi connectivity index (χ3n) is 2.81. The second-order valence-electron chi connectivity index (χ2n) is 4.09. The standard InChI is InChI=1S/C11H15BrN4O/c1-3-9-14-8(12)6-10(15-9)13-7-4-5-16(2)11(7)17/h6-7H,3-5H2,1-2H3,(H,13,14,15). The Morgan fingerprint density at radius 1 is 1.59 bits per heavy atom. The lowest BCUT2D eigenvalue weighted by molar-refractivity contribution is -0.127. The smallest absolute Gasteiger partial charge is 0.244 e. The zero-order valence-corrected chi connectivity index (χ0v) is 11.5. The molecule has 92 valence electrons. The van der Waals surface area contributed by atoms with Crippen LogP contribution in [0.4, 0.5) is 5.82 Å². The lowest BCUT2D eigenvalue weighted by Crippen LogP contribution is -2.31. The third kappa shape index (κ3) is 2.74. The van der Waals surface area contributed by atoms with E-state index in [0.29, 0.717) is 5.82 Å². The average molecular weight is 299 g/mol. The number of carbonyl (C=O) groups excluding carboxylic acids is 1. The number of aryl methyl sites for hydroxylation is 1. The molecule has 1 unspecified atom stereocenters. The number of nitrogens with one attached hydrogen (secondary N) is 1. The van der Waals surface area contributed by atoms with E-state index in [9.17, 15) is 4.79 Å². The number of carbonyl (C=O) groups is 1. The number of anilines is 1. The van der Waals surface area contributed by atoms with Gasteiger partial charge in [0, 0.05) is 26.1 Å². The van der Waals surface area contributed by atoms with E-state index in [-0.39, 0.29) is 11.9 Å². The van der Waals surface area contributed by atoms with Crippen LogP contribution in [0.15, 0.2) is 10.7 Å². The molecule has 6 heteroatoms. The molecule has 1 N–H and O–H groups in total. The summed E-state index contributed by atoms with van der Waals surface area (Å²) in [5.41, 5.74) is 0. The van der Waals surface area contributed by atoms with Gasteiger partial charge in [0.1, 0.15) is 22.3 Å². The summed E-state index contributed by atoms with van der Waals surface area (Å²) in [7, 11) is 1.82. The van der Waals surface area contributed by atoms with Gasteiger partial charge in [-0.15, -0.1) is 0 Å². The number of halogens is 1. The van der Waals surface area contributed by atoms with Crippen LogP contribution in [0, 0.1) is 0 Å². The Morgan fingerprint density at radius 2 is 2.35 bits per heavy atom. The maximum absolute atomic E-state index is 11.8. The highest BCUT2D eigenvalue weighted by Gasteiger charge is 2.29. The molecule has 0 radical (unpaired) electrons. The van der Waals surface area contributed by atoms with Crippen LogP contribution >= 0.6 is 15.9 Å². The van der Waals surface area contributed by atoms with Crippen LogP contribution < -0.4 is 5.32 Å². The normalized spacial score (nSPS) is 19.8. The number of rotatable bonds is 3. The van der Waals surface area contributed by atoms with Crippen LogP contribution in [0.1, 0.15) is 19.2 Å². The Kier molecular flexibility index (Phi) is 3.61. The molecule has 1 aromatic heterocycles. The average Bonchev–Trinajstić information content (AvgIpc) is 2.60. The summed E-state index contributed by atoms with van der Waals surface area (Å²) in [6.45, 7) is 2.80. The van der Waals surface area contributed by atoms with Crippen LogP contribution in [0.2, 0.25) is 0 Å². The molecule has 1 saturated heterocycles. The van der Waals surface area contributed by atoms with Gasteiger partial charge < -0.3 is 10.2 Å². The number of hydrogen-bond acceptors (Lipinski definition) is 4. The first-order chi connectivity index (χ1) is 8.10. The first-order valence-corrected chi connectivity index (χ1v) is 6.44. The van der Waals surface area contributed by atoms with E-state index in [1.165, 1.54) is 0 Å². The highest BCUT2D eigenvalue weighted by molar-refractivity contribution is 9.10. The molecule has 1 fully saturated rings. The predicted molar refractivity (Wildman–Crippen MR) is 68.8 cm³/mol. The summed E-state index contributed by atoms with van der Waals surface area (Å²) >= 11 is 3.34. The molecule has 0 spiro atoms. The minimum Gasteiger partial charge on any atom is -0.358 e. The van der Waals surface area contributed by atoms with Crippen molar-refractivity contribution < 1.29 is 4.79 Å². The van der Waals surface area contributed by atoms with Gasteiger partial charge in [0.2, 0.25) is 5.91 Å². The van der Waals surface area contributed by atoms with E-state index >= 15 is 0 Å². The number of likely N-dealkylation sites (tertiary alicyclic amines) is 1.